The number of aryl methyl sites for hydroxylation is 2. The highest BCUT2D eigenvalue weighted by Gasteiger charge is 2.19. The predicted molar refractivity (Wildman–Crippen MR) is 117 cm³/mol. The van der Waals surface area contributed by atoms with Gasteiger partial charge in [-0.2, -0.15) is 0 Å². The van der Waals surface area contributed by atoms with Gasteiger partial charge in [-0.1, -0.05) is 29.5 Å². The molecule has 1 aliphatic rings. The summed E-state index contributed by atoms with van der Waals surface area (Å²) >= 11 is 1.40. The Kier molecular flexibility index (Phi) is 6.54. The highest BCUT2D eigenvalue weighted by molar-refractivity contribution is 7.99. The topological polar surface area (TPSA) is 74.0 Å². The molecule has 2 aromatic heterocycles. The quantitative estimate of drug-likeness (QED) is 0.562. The zero-order valence-electron chi connectivity index (χ0n) is 17.4. The average Bonchev–Trinajstić information content (AvgIpc) is 3.48. The van der Waals surface area contributed by atoms with Crippen LogP contribution in [0.1, 0.15) is 29.9 Å². The zero-order chi connectivity index (χ0) is 20.9. The molecule has 1 saturated heterocycles. The first-order chi connectivity index (χ1) is 14.6. The minimum Gasteiger partial charge on any atom is -0.376 e. The van der Waals surface area contributed by atoms with Crippen molar-refractivity contribution >= 4 is 17.7 Å². The predicted octanol–water partition coefficient (Wildman–Crippen LogP) is 2.89. The Morgan fingerprint density at radius 2 is 2.10 bits per heavy atom. The van der Waals surface area contributed by atoms with Crippen molar-refractivity contribution in [1.82, 2.24) is 24.6 Å². The fourth-order valence-corrected chi connectivity index (χ4v) is 4.32. The molecule has 3 aromatic rings. The monoisotopic (exact) mass is 425 g/mol. The summed E-state index contributed by atoms with van der Waals surface area (Å²) in [6, 6.07) is 12.4. The lowest BCUT2D eigenvalue weighted by molar-refractivity contribution is -0.119. The highest BCUT2D eigenvalue weighted by Crippen LogP contribution is 2.24. The fourth-order valence-electron chi connectivity index (χ4n) is 3.52. The number of benzene rings is 1. The molecule has 1 amide bonds. The first-order valence-electron chi connectivity index (χ1n) is 10.2. The van der Waals surface area contributed by atoms with Crippen molar-refractivity contribution in [3.8, 4) is 5.69 Å². The third-order valence-corrected chi connectivity index (χ3v) is 6.20. The van der Waals surface area contributed by atoms with Crippen LogP contribution in [0.15, 0.2) is 47.8 Å². The van der Waals surface area contributed by atoms with E-state index < -0.39 is 0 Å². The Balaban J connectivity index is 1.49. The number of amides is 1. The smallest absolute Gasteiger partial charge is 0.230 e. The number of carbonyl (C=O) groups is 1. The van der Waals surface area contributed by atoms with Crippen molar-refractivity contribution < 1.29 is 9.53 Å². The molecule has 0 radical (unpaired) electrons. The Morgan fingerprint density at radius 1 is 1.27 bits per heavy atom. The highest BCUT2D eigenvalue weighted by atomic mass is 32.2. The summed E-state index contributed by atoms with van der Waals surface area (Å²) in [7, 11) is 2.02. The van der Waals surface area contributed by atoms with Gasteiger partial charge >= 0.3 is 0 Å². The summed E-state index contributed by atoms with van der Waals surface area (Å²) in [6.07, 6.45) is 4.91. The number of nitrogens with one attached hydrogen (secondary N) is 1. The lowest BCUT2D eigenvalue weighted by atomic mass is 10.2. The van der Waals surface area contributed by atoms with Gasteiger partial charge < -0.3 is 14.6 Å². The van der Waals surface area contributed by atoms with Crippen LogP contribution in [0.3, 0.4) is 0 Å². The summed E-state index contributed by atoms with van der Waals surface area (Å²) in [5.74, 6) is 1.13. The number of aromatic nitrogens is 4. The van der Waals surface area contributed by atoms with Crippen molar-refractivity contribution in [2.24, 2.45) is 7.05 Å². The standard InChI is InChI=1S/C22H27N5O2S/c1-16-7-9-17(10-8-16)27-20(13-18-5-3-11-26(18)2)24-25-22(27)30-15-21(28)23-14-19-6-4-12-29-19/h3,5,7-11,19H,4,6,12-15H2,1-2H3,(H,23,28)/t19-/m0/s1. The second-order valence-corrected chi connectivity index (χ2v) is 8.53. The fraction of sp³-hybridized carbons (Fsp3) is 0.409. The molecule has 158 valence electrons. The van der Waals surface area contributed by atoms with Crippen molar-refractivity contribution in [3.05, 3.63) is 59.7 Å². The molecule has 1 fully saturated rings. The minimum atomic E-state index is -0.0158. The number of carbonyl (C=O) groups excluding carboxylic acids is 1. The van der Waals surface area contributed by atoms with Crippen molar-refractivity contribution in [3.63, 3.8) is 0 Å². The molecule has 30 heavy (non-hydrogen) atoms. The van der Waals surface area contributed by atoms with E-state index in [0.29, 0.717) is 18.7 Å². The van der Waals surface area contributed by atoms with Crippen molar-refractivity contribution in [2.75, 3.05) is 18.9 Å². The third kappa shape index (κ3) is 4.94. The van der Waals surface area contributed by atoms with Crippen LogP contribution in [0.5, 0.6) is 0 Å². The maximum atomic E-state index is 12.3. The van der Waals surface area contributed by atoms with E-state index in [2.05, 4.69) is 57.3 Å². The van der Waals surface area contributed by atoms with Crippen LogP contribution in [0.2, 0.25) is 0 Å². The molecule has 3 heterocycles. The van der Waals surface area contributed by atoms with Crippen LogP contribution >= 0.6 is 11.8 Å². The Morgan fingerprint density at radius 3 is 2.80 bits per heavy atom. The van der Waals surface area contributed by atoms with Gasteiger partial charge in [0.2, 0.25) is 5.91 Å². The molecule has 7 nitrogen and oxygen atoms in total. The molecule has 4 rings (SSSR count). The molecular formula is C22H27N5O2S. The molecule has 1 atom stereocenters. The van der Waals surface area contributed by atoms with Crippen LogP contribution in [0.4, 0.5) is 0 Å². The van der Waals surface area contributed by atoms with E-state index in [1.54, 1.807) is 0 Å². The average molecular weight is 426 g/mol. The molecule has 0 spiro atoms. The number of thioether (sulfide) groups is 1. The van der Waals surface area contributed by atoms with Crippen LogP contribution in [0, 0.1) is 6.92 Å². The summed E-state index contributed by atoms with van der Waals surface area (Å²) in [6.45, 7) is 3.43. The molecule has 8 heteroatoms. The van der Waals surface area contributed by atoms with Crippen LogP contribution in [-0.2, 0) is 23.0 Å². The van der Waals surface area contributed by atoms with Crippen LogP contribution < -0.4 is 5.32 Å². The van der Waals surface area contributed by atoms with Gasteiger partial charge in [0.1, 0.15) is 5.82 Å². The second kappa shape index (κ2) is 9.49. The van der Waals surface area contributed by atoms with Gasteiger partial charge in [0.15, 0.2) is 5.16 Å². The Labute approximate surface area is 180 Å². The number of hydrogen-bond acceptors (Lipinski definition) is 5. The summed E-state index contributed by atoms with van der Waals surface area (Å²) in [5, 5.41) is 12.5. The summed E-state index contributed by atoms with van der Waals surface area (Å²) in [5.41, 5.74) is 3.34. The Hall–Kier alpha value is -2.58. The van der Waals surface area contributed by atoms with Crippen molar-refractivity contribution in [2.45, 2.75) is 37.4 Å². The first-order valence-corrected chi connectivity index (χ1v) is 11.2. The van der Waals surface area contributed by atoms with Gasteiger partial charge in [0, 0.05) is 44.2 Å². The van der Waals surface area contributed by atoms with Gasteiger partial charge in [0.05, 0.1) is 11.9 Å². The second-order valence-electron chi connectivity index (χ2n) is 7.58. The molecule has 0 aliphatic carbocycles. The van der Waals surface area contributed by atoms with Crippen LogP contribution in [-0.4, -0.2) is 50.2 Å². The molecule has 0 bridgehead atoms. The van der Waals surface area contributed by atoms with E-state index in [9.17, 15) is 4.79 Å². The van der Waals surface area contributed by atoms with Gasteiger partial charge in [-0.25, -0.2) is 0 Å². The SMILES string of the molecule is Cc1ccc(-n2c(Cc3cccn3C)nnc2SCC(=O)NC[C@@H]2CCCO2)cc1. The molecule has 0 saturated carbocycles. The number of ether oxygens (including phenoxy) is 1. The molecule has 1 N–H and O–H groups in total. The number of rotatable bonds is 8. The normalized spacial score (nSPS) is 16.1. The number of hydrogen-bond donors (Lipinski definition) is 1. The van der Waals surface area contributed by atoms with E-state index in [1.807, 2.05) is 23.9 Å². The van der Waals surface area contributed by atoms with Gasteiger partial charge in [-0.15, -0.1) is 10.2 Å². The van der Waals surface area contributed by atoms with Crippen LogP contribution in [0.25, 0.3) is 5.69 Å². The van der Waals surface area contributed by atoms with E-state index in [-0.39, 0.29) is 12.0 Å². The molecular weight excluding hydrogens is 398 g/mol. The third-order valence-electron chi connectivity index (χ3n) is 5.27. The summed E-state index contributed by atoms with van der Waals surface area (Å²) in [4.78, 5) is 12.3. The maximum Gasteiger partial charge on any atom is 0.230 e. The summed E-state index contributed by atoms with van der Waals surface area (Å²) < 4.78 is 9.69. The molecule has 1 aromatic carbocycles. The molecule has 0 unspecified atom stereocenters. The van der Waals surface area contributed by atoms with Gasteiger partial charge in [-0.05, 0) is 44.0 Å². The maximum absolute atomic E-state index is 12.3. The van der Waals surface area contributed by atoms with Gasteiger partial charge in [0.25, 0.3) is 0 Å². The zero-order valence-corrected chi connectivity index (χ0v) is 18.2. The van der Waals surface area contributed by atoms with Crippen molar-refractivity contribution in [1.29, 1.82) is 0 Å². The van der Waals surface area contributed by atoms with E-state index in [0.717, 1.165) is 41.8 Å². The lowest BCUT2D eigenvalue weighted by Gasteiger charge is -2.12. The van der Waals surface area contributed by atoms with Gasteiger partial charge in [-0.3, -0.25) is 9.36 Å². The lowest BCUT2D eigenvalue weighted by Crippen LogP contribution is -2.32. The largest absolute Gasteiger partial charge is 0.376 e. The number of nitrogens with zero attached hydrogens (tertiary/aromatic N) is 4. The minimum absolute atomic E-state index is 0.0158. The van der Waals surface area contributed by atoms with E-state index in [4.69, 9.17) is 4.74 Å². The first kappa shape index (κ1) is 20.7. The molecule has 1 aliphatic heterocycles. The Bertz CT molecular complexity index is 989. The van der Waals surface area contributed by atoms with E-state index in [1.165, 1.54) is 17.3 Å². The van der Waals surface area contributed by atoms with E-state index >= 15 is 0 Å².